The fourth-order valence-corrected chi connectivity index (χ4v) is 14.3. The highest BCUT2D eigenvalue weighted by atomic mass is 14.1. The fraction of sp³-hybridized carbons (Fsp3) is 0.167. The summed E-state index contributed by atoms with van der Waals surface area (Å²) in [6.45, 7) is 38.6. The van der Waals surface area contributed by atoms with E-state index in [9.17, 15) is 0 Å². The number of benzene rings is 18. The Hall–Kier alpha value is -11.7. The maximum Gasteiger partial charge on any atom is -0.0125 e. The second-order valence-corrected chi connectivity index (χ2v) is 29.6. The van der Waals surface area contributed by atoms with Crippen LogP contribution in [-0.4, -0.2) is 0 Å². The first-order valence-corrected chi connectivity index (χ1v) is 38.1. The molecular formula is C108H108. The Balaban J connectivity index is 0.000000130. The van der Waals surface area contributed by atoms with Crippen LogP contribution in [0, 0.1) is 125 Å². The number of hydrogen-bond acceptors (Lipinski definition) is 0. The van der Waals surface area contributed by atoms with E-state index in [0.29, 0.717) is 0 Å². The summed E-state index contributed by atoms with van der Waals surface area (Å²) in [6, 6.07) is 117. The van der Waals surface area contributed by atoms with Crippen LogP contribution in [0.3, 0.4) is 0 Å². The molecule has 0 aliphatic heterocycles. The summed E-state index contributed by atoms with van der Waals surface area (Å²) in [5.74, 6) is 0. The van der Waals surface area contributed by atoms with Gasteiger partial charge in [0, 0.05) is 0 Å². The lowest BCUT2D eigenvalue weighted by atomic mass is 10.0. The first kappa shape index (κ1) is 78.9. The first-order valence-electron chi connectivity index (χ1n) is 38.1. The third-order valence-corrected chi connectivity index (χ3v) is 20.5. The zero-order chi connectivity index (χ0) is 77.0. The van der Waals surface area contributed by atoms with Crippen LogP contribution in [0.1, 0.15) is 100 Å². The maximum atomic E-state index is 2.24. The van der Waals surface area contributed by atoms with Gasteiger partial charge >= 0.3 is 0 Å². The third kappa shape index (κ3) is 21.1. The van der Waals surface area contributed by atoms with Crippen molar-refractivity contribution in [1.82, 2.24) is 0 Å². The maximum absolute atomic E-state index is 2.24. The Bertz CT molecular complexity index is 5770. The van der Waals surface area contributed by atoms with Gasteiger partial charge in [-0.15, -0.1) is 0 Å². The topological polar surface area (TPSA) is 0 Å². The van der Waals surface area contributed by atoms with Gasteiger partial charge in [0.15, 0.2) is 0 Å². The molecule has 0 nitrogen and oxygen atoms in total. The summed E-state index contributed by atoms with van der Waals surface area (Å²) in [6.07, 6.45) is 0. The van der Waals surface area contributed by atoms with Crippen LogP contribution >= 0.6 is 0 Å². The van der Waals surface area contributed by atoms with Gasteiger partial charge in [-0.1, -0.05) is 367 Å². The molecule has 540 valence electrons. The molecule has 0 aliphatic rings. The largest absolute Gasteiger partial charge is 0.0616 e. The van der Waals surface area contributed by atoms with Gasteiger partial charge in [-0.2, -0.15) is 0 Å². The number of fused-ring (bicyclic) bond motifs is 9. The van der Waals surface area contributed by atoms with E-state index in [0.717, 1.165) is 0 Å². The highest BCUT2D eigenvalue weighted by Crippen LogP contribution is 2.28. The molecule has 0 heteroatoms. The van der Waals surface area contributed by atoms with E-state index in [1.807, 2.05) is 0 Å². The highest BCUT2D eigenvalue weighted by molar-refractivity contribution is 5.93. The van der Waals surface area contributed by atoms with Crippen molar-refractivity contribution in [2.45, 2.75) is 125 Å². The van der Waals surface area contributed by atoms with Crippen molar-refractivity contribution in [2.24, 2.45) is 0 Å². The summed E-state index contributed by atoms with van der Waals surface area (Å²) in [4.78, 5) is 0. The third-order valence-electron chi connectivity index (χ3n) is 20.5. The minimum Gasteiger partial charge on any atom is -0.0616 e. The molecule has 0 saturated heterocycles. The van der Waals surface area contributed by atoms with Gasteiger partial charge in [-0.05, 0) is 283 Å². The Morgan fingerprint density at radius 1 is 0.120 bits per heavy atom. The quantitative estimate of drug-likeness (QED) is 0.142. The molecule has 0 radical (unpaired) electrons. The van der Waals surface area contributed by atoms with Gasteiger partial charge in [0.25, 0.3) is 0 Å². The summed E-state index contributed by atoms with van der Waals surface area (Å²) in [5.41, 5.74) is 24.3. The second kappa shape index (κ2) is 37.5. The lowest BCUT2D eigenvalue weighted by Gasteiger charge is -2.04. The van der Waals surface area contributed by atoms with Crippen molar-refractivity contribution in [1.29, 1.82) is 0 Å². The molecule has 0 bridgehead atoms. The average molecular weight is 1410 g/mol. The van der Waals surface area contributed by atoms with Crippen LogP contribution in [0.2, 0.25) is 0 Å². The van der Waals surface area contributed by atoms with Crippen LogP contribution < -0.4 is 0 Å². The minimum atomic E-state index is 1.33. The van der Waals surface area contributed by atoms with E-state index in [-0.39, 0.29) is 0 Å². The van der Waals surface area contributed by atoms with Gasteiger partial charge in [0.1, 0.15) is 0 Å². The van der Waals surface area contributed by atoms with Crippen LogP contribution in [0.25, 0.3) is 97.0 Å². The van der Waals surface area contributed by atoms with Gasteiger partial charge < -0.3 is 0 Å². The molecule has 0 N–H and O–H groups in total. The van der Waals surface area contributed by atoms with Crippen molar-refractivity contribution in [3.8, 4) is 0 Å². The predicted octanol–water partition coefficient (Wildman–Crippen LogP) is 31.1. The Morgan fingerprint density at radius 3 is 0.889 bits per heavy atom. The van der Waals surface area contributed by atoms with Gasteiger partial charge in [-0.3, -0.25) is 0 Å². The van der Waals surface area contributed by atoms with Crippen molar-refractivity contribution >= 4 is 97.0 Å². The van der Waals surface area contributed by atoms with Crippen LogP contribution in [-0.2, 0) is 0 Å². The SMILES string of the molecule is Cc1cc(C)c2ccccc2c1.Cc1ccc(C)c2ccccc12.Cc1ccc2c(C)cccc2c1.Cc1ccc2cc(C)ccc2c1.Cc1ccc2ccc(C)cc2c1.Cc1ccc2cccc(C)c2c1.Cc1ccc2ccccc2c1C.Cc1cccc2c(C)cccc12.Cc1cccc2cccc(C)c12. The monoisotopic (exact) mass is 1400 g/mol. The number of hydrogen-bond donors (Lipinski definition) is 0. The van der Waals surface area contributed by atoms with Crippen molar-refractivity contribution < 1.29 is 0 Å². The molecule has 0 saturated carbocycles. The molecule has 0 aliphatic carbocycles. The van der Waals surface area contributed by atoms with Gasteiger partial charge in [0.05, 0.1) is 0 Å². The fourth-order valence-electron chi connectivity index (χ4n) is 14.3. The molecule has 0 aromatic heterocycles. The smallest absolute Gasteiger partial charge is 0.0125 e. The average Bonchev–Trinajstić information content (AvgIpc) is 0.826. The number of rotatable bonds is 0. The minimum absolute atomic E-state index is 1.33. The Kier molecular flexibility index (Phi) is 27.4. The summed E-state index contributed by atoms with van der Waals surface area (Å²) >= 11 is 0. The molecule has 108 heavy (non-hydrogen) atoms. The van der Waals surface area contributed by atoms with Gasteiger partial charge in [0.2, 0.25) is 0 Å². The molecule has 0 amide bonds. The lowest BCUT2D eigenvalue weighted by Crippen LogP contribution is -1.82. The predicted molar refractivity (Wildman–Crippen MR) is 481 cm³/mol. The molecule has 0 unspecified atom stereocenters. The lowest BCUT2D eigenvalue weighted by molar-refractivity contribution is 1.38. The standard InChI is InChI=1S/9C12H12/c1-9-3-5-12-8-10(2)4-6-11(12)7-9;1-9-3-5-11-6-4-10(2)8-12(11)7-9;1-9-5-3-8-12-10(2)6-4-7-11(9)12;1-9-5-3-7-11-8-4-6-10(2)12(9)11;1-9-6-7-12-10(2)4-3-5-11(12)8-9;1-9-6-7-11-5-3-4-10(2)12(11)8-9;1-9-7-10(2)12-6-4-3-5-11(12)8-9;1-9-7-8-11-5-3-4-6-12(11)10(9)2;1-9-7-8-10(2)12-6-4-3-5-11(9)12/h9*3-8H,1-2H3. The normalized spacial score (nSPS) is 10.5. The molecule has 18 aromatic rings. The van der Waals surface area contributed by atoms with E-state index in [1.165, 1.54) is 197 Å². The van der Waals surface area contributed by atoms with Crippen molar-refractivity contribution in [2.75, 3.05) is 0 Å². The van der Waals surface area contributed by atoms with E-state index < -0.39 is 0 Å². The number of aryl methyl sites for hydroxylation is 18. The summed E-state index contributed by atoms with van der Waals surface area (Å²) < 4.78 is 0. The second-order valence-electron chi connectivity index (χ2n) is 29.6. The van der Waals surface area contributed by atoms with Crippen molar-refractivity contribution in [3.05, 3.63) is 428 Å². The van der Waals surface area contributed by atoms with Gasteiger partial charge in [-0.25, -0.2) is 0 Å². The van der Waals surface area contributed by atoms with Crippen LogP contribution in [0.4, 0.5) is 0 Å². The molecule has 18 rings (SSSR count). The first-order chi connectivity index (χ1) is 52.0. The van der Waals surface area contributed by atoms with Crippen LogP contribution in [0.15, 0.2) is 328 Å². The van der Waals surface area contributed by atoms with E-state index in [1.54, 1.807) is 0 Å². The van der Waals surface area contributed by atoms with Crippen LogP contribution in [0.5, 0.6) is 0 Å². The molecule has 0 atom stereocenters. The Labute approximate surface area is 645 Å². The summed E-state index contributed by atoms with van der Waals surface area (Å²) in [7, 11) is 0. The highest BCUT2D eigenvalue weighted by Gasteiger charge is 2.04. The molecule has 0 spiro atoms. The van der Waals surface area contributed by atoms with Crippen molar-refractivity contribution in [3.63, 3.8) is 0 Å². The molecular weight excluding hydrogens is 1300 g/mol. The zero-order valence-electron chi connectivity index (χ0n) is 67.2. The van der Waals surface area contributed by atoms with E-state index in [4.69, 9.17) is 0 Å². The Morgan fingerprint density at radius 2 is 0.398 bits per heavy atom. The molecule has 18 aromatic carbocycles. The molecule has 0 heterocycles. The summed E-state index contributed by atoms with van der Waals surface area (Å²) in [5, 5.41) is 24.4. The van der Waals surface area contributed by atoms with E-state index in [2.05, 4.69) is 452 Å². The zero-order valence-corrected chi connectivity index (χ0v) is 67.2. The van der Waals surface area contributed by atoms with E-state index >= 15 is 0 Å². The molecule has 0 fully saturated rings.